The zero-order valence-corrected chi connectivity index (χ0v) is 8.78. The number of rotatable bonds is 3. The van der Waals surface area contributed by atoms with Crippen LogP contribution in [0.2, 0.25) is 0 Å². The Labute approximate surface area is 91.8 Å². The van der Waals surface area contributed by atoms with Crippen molar-refractivity contribution in [3.63, 3.8) is 0 Å². The topological polar surface area (TPSA) is 74.8 Å². The van der Waals surface area contributed by atoms with Gasteiger partial charge in [-0.2, -0.15) is 5.10 Å². The number of hydrogen-bond donors (Lipinski definition) is 2. The predicted molar refractivity (Wildman–Crippen MR) is 60.0 cm³/mol. The maximum Gasteiger partial charge on any atom is 0.231 e. The van der Waals surface area contributed by atoms with Crippen LogP contribution in [0.1, 0.15) is 13.3 Å². The second-order valence-electron chi connectivity index (χ2n) is 3.60. The Bertz CT molecular complexity index is 545. The lowest BCUT2D eigenvalue weighted by molar-refractivity contribution is -0.124. The second-order valence-corrected chi connectivity index (χ2v) is 3.60. The number of Topliss-reactive ketones (excluding diaryl/α,β-unsaturated/α-hetero) is 1. The van der Waals surface area contributed by atoms with Crippen molar-refractivity contribution in [2.75, 3.05) is 5.32 Å². The van der Waals surface area contributed by atoms with Crippen molar-refractivity contribution >= 4 is 28.3 Å². The molecule has 5 nitrogen and oxygen atoms in total. The molecule has 5 heteroatoms. The number of amides is 1. The quantitative estimate of drug-likeness (QED) is 0.764. The number of carbonyl (C=O) groups is 2. The van der Waals surface area contributed by atoms with Crippen LogP contribution in [0.15, 0.2) is 24.4 Å². The summed E-state index contributed by atoms with van der Waals surface area (Å²) in [4.78, 5) is 22.1. The largest absolute Gasteiger partial charge is 0.326 e. The zero-order chi connectivity index (χ0) is 11.5. The van der Waals surface area contributed by atoms with Gasteiger partial charge in [0.05, 0.1) is 18.1 Å². The van der Waals surface area contributed by atoms with E-state index in [0.29, 0.717) is 5.69 Å². The highest BCUT2D eigenvalue weighted by Gasteiger charge is 2.06. The van der Waals surface area contributed by atoms with Gasteiger partial charge in [0.1, 0.15) is 5.78 Å². The van der Waals surface area contributed by atoms with E-state index in [1.807, 2.05) is 6.07 Å². The molecule has 1 aromatic carbocycles. The van der Waals surface area contributed by atoms with Crippen LogP contribution >= 0.6 is 0 Å². The fourth-order valence-electron chi connectivity index (χ4n) is 1.45. The third-order valence-electron chi connectivity index (χ3n) is 2.14. The van der Waals surface area contributed by atoms with Crippen LogP contribution < -0.4 is 5.32 Å². The van der Waals surface area contributed by atoms with Crippen LogP contribution in [-0.2, 0) is 9.59 Å². The van der Waals surface area contributed by atoms with E-state index in [9.17, 15) is 9.59 Å². The van der Waals surface area contributed by atoms with Gasteiger partial charge in [0, 0.05) is 11.1 Å². The molecule has 0 bridgehead atoms. The summed E-state index contributed by atoms with van der Waals surface area (Å²) in [7, 11) is 0. The van der Waals surface area contributed by atoms with Crippen LogP contribution in [0.3, 0.4) is 0 Å². The minimum absolute atomic E-state index is 0.0962. The molecule has 16 heavy (non-hydrogen) atoms. The lowest BCUT2D eigenvalue weighted by Crippen LogP contribution is -2.14. The summed E-state index contributed by atoms with van der Waals surface area (Å²) in [5.41, 5.74) is 1.50. The third kappa shape index (κ3) is 2.25. The first kappa shape index (κ1) is 10.4. The third-order valence-corrected chi connectivity index (χ3v) is 2.14. The van der Waals surface area contributed by atoms with E-state index < -0.39 is 0 Å². The molecule has 0 saturated heterocycles. The maximum atomic E-state index is 11.3. The number of nitrogens with one attached hydrogen (secondary N) is 2. The molecular formula is C11H11N3O2. The minimum Gasteiger partial charge on any atom is -0.326 e. The summed E-state index contributed by atoms with van der Waals surface area (Å²) in [6.45, 7) is 1.39. The van der Waals surface area contributed by atoms with Crippen molar-refractivity contribution < 1.29 is 9.59 Å². The molecule has 1 aromatic heterocycles. The highest BCUT2D eigenvalue weighted by atomic mass is 16.2. The number of fused-ring (bicyclic) bond motifs is 1. The number of benzene rings is 1. The summed E-state index contributed by atoms with van der Waals surface area (Å²) in [5.74, 6) is -0.452. The summed E-state index contributed by atoms with van der Waals surface area (Å²) in [5, 5.41) is 10.3. The summed E-state index contributed by atoms with van der Waals surface area (Å²) < 4.78 is 0. The molecule has 1 amide bonds. The van der Waals surface area contributed by atoms with E-state index in [2.05, 4.69) is 15.5 Å². The van der Waals surface area contributed by atoms with Crippen molar-refractivity contribution in [1.82, 2.24) is 10.2 Å². The fraction of sp³-hybridized carbons (Fsp3) is 0.182. The average molecular weight is 217 g/mol. The Balaban J connectivity index is 2.14. The number of nitrogens with zero attached hydrogens (tertiary/aromatic N) is 1. The molecular weight excluding hydrogens is 206 g/mol. The fourth-order valence-corrected chi connectivity index (χ4v) is 1.45. The lowest BCUT2D eigenvalue weighted by atomic mass is 10.2. The first-order valence-electron chi connectivity index (χ1n) is 4.87. The number of hydrogen-bond acceptors (Lipinski definition) is 3. The molecule has 1 heterocycles. The van der Waals surface area contributed by atoms with Crippen molar-refractivity contribution in [2.45, 2.75) is 13.3 Å². The van der Waals surface area contributed by atoms with E-state index in [4.69, 9.17) is 0 Å². The summed E-state index contributed by atoms with van der Waals surface area (Å²) in [6.07, 6.45) is 1.61. The van der Waals surface area contributed by atoms with Gasteiger partial charge in [-0.15, -0.1) is 0 Å². The maximum absolute atomic E-state index is 11.3. The molecule has 0 fully saturated rings. The molecule has 2 rings (SSSR count). The number of anilines is 1. The molecule has 0 aliphatic carbocycles. The number of aromatic amines is 1. The van der Waals surface area contributed by atoms with Gasteiger partial charge in [0.25, 0.3) is 0 Å². The number of aromatic nitrogens is 2. The van der Waals surface area contributed by atoms with Gasteiger partial charge in [-0.05, 0) is 25.1 Å². The van der Waals surface area contributed by atoms with Gasteiger partial charge in [0.15, 0.2) is 0 Å². The van der Waals surface area contributed by atoms with Crippen LogP contribution in [0, 0.1) is 0 Å². The van der Waals surface area contributed by atoms with Gasteiger partial charge in [-0.3, -0.25) is 14.7 Å². The van der Waals surface area contributed by atoms with Crippen molar-refractivity contribution in [3.8, 4) is 0 Å². The highest BCUT2D eigenvalue weighted by Crippen LogP contribution is 2.16. The van der Waals surface area contributed by atoms with Gasteiger partial charge in [0.2, 0.25) is 5.91 Å². The predicted octanol–water partition coefficient (Wildman–Crippen LogP) is 1.48. The molecule has 2 aromatic rings. The standard InChI is InChI=1S/C11H11N3O2/c1-7(15)4-11(16)13-9-3-2-8-6-12-14-10(8)5-9/h2-3,5-6H,4H2,1H3,(H,12,14)(H,13,16). The first-order chi connectivity index (χ1) is 7.65. The molecule has 2 N–H and O–H groups in total. The number of H-pyrrole nitrogens is 1. The number of ketones is 1. The van der Waals surface area contributed by atoms with Crippen LogP contribution in [0.5, 0.6) is 0 Å². The van der Waals surface area contributed by atoms with E-state index >= 15 is 0 Å². The molecule has 0 unspecified atom stereocenters. The second kappa shape index (κ2) is 4.14. The molecule has 0 radical (unpaired) electrons. The lowest BCUT2D eigenvalue weighted by Gasteiger charge is -2.03. The zero-order valence-electron chi connectivity index (χ0n) is 8.78. The Morgan fingerprint density at radius 2 is 2.25 bits per heavy atom. The molecule has 0 spiro atoms. The molecule has 0 saturated carbocycles. The SMILES string of the molecule is CC(=O)CC(=O)Nc1ccc2cn[nH]c2c1. The molecule has 0 aliphatic rings. The first-order valence-corrected chi connectivity index (χ1v) is 4.87. The van der Waals surface area contributed by atoms with Gasteiger partial charge in [-0.25, -0.2) is 0 Å². The Morgan fingerprint density at radius 1 is 1.44 bits per heavy atom. The van der Waals surface area contributed by atoms with Crippen LogP contribution in [0.4, 0.5) is 5.69 Å². The highest BCUT2D eigenvalue weighted by molar-refractivity contribution is 6.04. The Morgan fingerprint density at radius 3 is 3.00 bits per heavy atom. The molecule has 0 atom stereocenters. The molecule has 82 valence electrons. The van der Waals surface area contributed by atoms with E-state index in [1.165, 1.54) is 6.92 Å². The van der Waals surface area contributed by atoms with Crippen molar-refractivity contribution in [2.24, 2.45) is 0 Å². The van der Waals surface area contributed by atoms with Gasteiger partial charge < -0.3 is 5.32 Å². The Hall–Kier alpha value is -2.17. The monoisotopic (exact) mass is 217 g/mol. The summed E-state index contributed by atoms with van der Waals surface area (Å²) in [6, 6.07) is 5.40. The van der Waals surface area contributed by atoms with Crippen molar-refractivity contribution in [3.05, 3.63) is 24.4 Å². The smallest absolute Gasteiger partial charge is 0.231 e. The van der Waals surface area contributed by atoms with Crippen molar-refractivity contribution in [1.29, 1.82) is 0 Å². The van der Waals surface area contributed by atoms with Gasteiger partial charge >= 0.3 is 0 Å². The van der Waals surface area contributed by atoms with E-state index in [0.717, 1.165) is 10.9 Å². The minimum atomic E-state index is -0.300. The van der Waals surface area contributed by atoms with Gasteiger partial charge in [-0.1, -0.05) is 0 Å². The summed E-state index contributed by atoms with van der Waals surface area (Å²) >= 11 is 0. The number of carbonyl (C=O) groups excluding carboxylic acids is 2. The molecule has 0 aliphatic heterocycles. The van der Waals surface area contributed by atoms with Crippen LogP contribution in [0.25, 0.3) is 10.9 Å². The Kier molecular flexibility index (Phi) is 2.68. The van der Waals surface area contributed by atoms with Crippen LogP contribution in [-0.4, -0.2) is 21.9 Å². The average Bonchev–Trinajstić information content (AvgIpc) is 2.63. The normalized spacial score (nSPS) is 10.3. The van der Waals surface area contributed by atoms with E-state index in [-0.39, 0.29) is 18.1 Å². The van der Waals surface area contributed by atoms with E-state index in [1.54, 1.807) is 18.3 Å².